The fourth-order valence-electron chi connectivity index (χ4n) is 3.55. The predicted molar refractivity (Wildman–Crippen MR) is 102 cm³/mol. The van der Waals surface area contributed by atoms with Gasteiger partial charge in [-0.3, -0.25) is 14.2 Å². The Labute approximate surface area is 156 Å². The molecule has 0 aliphatic heterocycles. The molecule has 3 aromatic rings. The third kappa shape index (κ3) is 3.92. The van der Waals surface area contributed by atoms with Crippen molar-refractivity contribution in [2.24, 2.45) is 0 Å². The van der Waals surface area contributed by atoms with Crippen LogP contribution in [-0.2, 0) is 4.79 Å². The van der Waals surface area contributed by atoms with Gasteiger partial charge in [-0.2, -0.15) is 0 Å². The number of aromatic nitrogens is 3. The number of anilines is 1. The first-order valence-electron chi connectivity index (χ1n) is 9.32. The van der Waals surface area contributed by atoms with Gasteiger partial charge in [0, 0.05) is 37.0 Å². The highest BCUT2D eigenvalue weighted by Gasteiger charge is 2.18. The van der Waals surface area contributed by atoms with Crippen LogP contribution in [0.2, 0.25) is 0 Å². The summed E-state index contributed by atoms with van der Waals surface area (Å²) in [5.41, 5.74) is 2.20. The largest absolute Gasteiger partial charge is 0.369 e. The highest BCUT2D eigenvalue weighted by molar-refractivity contribution is 5.78. The van der Waals surface area contributed by atoms with Crippen molar-refractivity contribution in [3.8, 4) is 11.3 Å². The highest BCUT2D eigenvalue weighted by Crippen LogP contribution is 2.28. The van der Waals surface area contributed by atoms with Gasteiger partial charge in [-0.1, -0.05) is 12.8 Å². The second-order valence-corrected chi connectivity index (χ2v) is 6.85. The maximum absolute atomic E-state index is 13.3. The van der Waals surface area contributed by atoms with E-state index in [-0.39, 0.29) is 11.7 Å². The highest BCUT2D eigenvalue weighted by atomic mass is 19.1. The Bertz CT molecular complexity index is 931. The molecule has 1 aliphatic carbocycles. The van der Waals surface area contributed by atoms with Gasteiger partial charge in [0.25, 0.3) is 0 Å². The summed E-state index contributed by atoms with van der Waals surface area (Å²) in [6, 6.07) is 6.55. The van der Waals surface area contributed by atoms with E-state index >= 15 is 0 Å². The standard InChI is InChI=1S/C20H22FN5O/c21-15-7-5-14(6-8-15)19-20(26-12-11-22-13-17(26)25-19)23-10-9-18(27)24-16-3-1-2-4-16/h5-8,11-13,16,23H,1-4,9-10H2,(H,24,27). The summed E-state index contributed by atoms with van der Waals surface area (Å²) in [7, 11) is 0. The molecule has 0 unspecified atom stereocenters. The van der Waals surface area contributed by atoms with E-state index in [4.69, 9.17) is 0 Å². The van der Waals surface area contributed by atoms with E-state index in [2.05, 4.69) is 20.6 Å². The summed E-state index contributed by atoms with van der Waals surface area (Å²) in [5, 5.41) is 6.42. The van der Waals surface area contributed by atoms with Crippen LogP contribution < -0.4 is 10.6 Å². The minimum Gasteiger partial charge on any atom is -0.369 e. The van der Waals surface area contributed by atoms with Crippen molar-refractivity contribution < 1.29 is 9.18 Å². The molecule has 1 aromatic carbocycles. The summed E-state index contributed by atoms with van der Waals surface area (Å²) in [6.07, 6.45) is 10.1. The monoisotopic (exact) mass is 367 g/mol. The molecule has 1 amide bonds. The van der Waals surface area contributed by atoms with E-state index in [0.29, 0.717) is 30.3 Å². The molecule has 2 N–H and O–H groups in total. The Hall–Kier alpha value is -2.96. The Morgan fingerprint density at radius 1 is 1.22 bits per heavy atom. The average Bonchev–Trinajstić information content (AvgIpc) is 3.30. The van der Waals surface area contributed by atoms with Gasteiger partial charge in [0.2, 0.25) is 5.91 Å². The number of carbonyl (C=O) groups is 1. The van der Waals surface area contributed by atoms with E-state index in [1.807, 2.05) is 10.6 Å². The summed E-state index contributed by atoms with van der Waals surface area (Å²) in [4.78, 5) is 20.9. The Balaban J connectivity index is 1.50. The zero-order valence-electron chi connectivity index (χ0n) is 15.0. The average molecular weight is 367 g/mol. The lowest BCUT2D eigenvalue weighted by Crippen LogP contribution is -2.33. The SMILES string of the molecule is O=C(CCNc1c(-c2ccc(F)cc2)nc2cnccn12)NC1CCCC1. The van der Waals surface area contributed by atoms with Crippen LogP contribution in [0, 0.1) is 5.82 Å². The third-order valence-corrected chi connectivity index (χ3v) is 4.91. The summed E-state index contributed by atoms with van der Waals surface area (Å²) in [5.74, 6) is 0.545. The van der Waals surface area contributed by atoms with Gasteiger partial charge in [-0.25, -0.2) is 9.37 Å². The number of halogens is 1. The topological polar surface area (TPSA) is 71.3 Å². The van der Waals surface area contributed by atoms with Gasteiger partial charge in [0.15, 0.2) is 5.65 Å². The molecule has 0 radical (unpaired) electrons. The molecule has 0 atom stereocenters. The number of amides is 1. The van der Waals surface area contributed by atoms with Crippen molar-refractivity contribution in [3.63, 3.8) is 0 Å². The number of imidazole rings is 1. The molecule has 27 heavy (non-hydrogen) atoms. The fraction of sp³-hybridized carbons (Fsp3) is 0.350. The Morgan fingerprint density at radius 3 is 2.78 bits per heavy atom. The fourth-order valence-corrected chi connectivity index (χ4v) is 3.55. The number of rotatable bonds is 6. The third-order valence-electron chi connectivity index (χ3n) is 4.91. The zero-order chi connectivity index (χ0) is 18.6. The molecule has 7 heteroatoms. The van der Waals surface area contributed by atoms with Crippen molar-refractivity contribution in [3.05, 3.63) is 48.7 Å². The van der Waals surface area contributed by atoms with Gasteiger partial charge in [0.1, 0.15) is 17.3 Å². The molecule has 0 spiro atoms. The maximum Gasteiger partial charge on any atom is 0.221 e. The minimum absolute atomic E-state index is 0.0632. The summed E-state index contributed by atoms with van der Waals surface area (Å²) in [6.45, 7) is 0.489. The van der Waals surface area contributed by atoms with E-state index in [0.717, 1.165) is 24.2 Å². The van der Waals surface area contributed by atoms with E-state index < -0.39 is 0 Å². The van der Waals surface area contributed by atoms with Crippen LogP contribution in [-0.4, -0.2) is 32.9 Å². The van der Waals surface area contributed by atoms with Crippen LogP contribution in [0.1, 0.15) is 32.1 Å². The van der Waals surface area contributed by atoms with Crippen LogP contribution in [0.25, 0.3) is 16.9 Å². The van der Waals surface area contributed by atoms with Crippen LogP contribution in [0.15, 0.2) is 42.9 Å². The van der Waals surface area contributed by atoms with Gasteiger partial charge < -0.3 is 10.6 Å². The molecule has 1 saturated carbocycles. The quantitative estimate of drug-likeness (QED) is 0.701. The number of benzene rings is 1. The number of nitrogens with zero attached hydrogens (tertiary/aromatic N) is 3. The van der Waals surface area contributed by atoms with Crippen molar-refractivity contribution >= 4 is 17.4 Å². The van der Waals surface area contributed by atoms with E-state index in [1.54, 1.807) is 24.5 Å². The lowest BCUT2D eigenvalue weighted by Gasteiger charge is -2.13. The van der Waals surface area contributed by atoms with Crippen LogP contribution >= 0.6 is 0 Å². The predicted octanol–water partition coefficient (Wildman–Crippen LogP) is 3.40. The van der Waals surface area contributed by atoms with Crippen LogP contribution in [0.4, 0.5) is 10.2 Å². The minimum atomic E-state index is -0.290. The van der Waals surface area contributed by atoms with Gasteiger partial charge in [0.05, 0.1) is 6.20 Å². The molecule has 2 heterocycles. The lowest BCUT2D eigenvalue weighted by atomic mass is 10.1. The first kappa shape index (κ1) is 17.5. The molecule has 2 aromatic heterocycles. The number of hydrogen-bond donors (Lipinski definition) is 2. The smallest absolute Gasteiger partial charge is 0.221 e. The number of nitrogens with one attached hydrogen (secondary N) is 2. The van der Waals surface area contributed by atoms with E-state index in [9.17, 15) is 9.18 Å². The molecule has 4 rings (SSSR count). The molecule has 0 saturated heterocycles. The summed E-state index contributed by atoms with van der Waals surface area (Å²) < 4.78 is 15.2. The van der Waals surface area contributed by atoms with Gasteiger partial charge in [-0.15, -0.1) is 0 Å². The molecule has 6 nitrogen and oxygen atoms in total. The van der Waals surface area contributed by atoms with Gasteiger partial charge >= 0.3 is 0 Å². The van der Waals surface area contributed by atoms with Crippen LogP contribution in [0.3, 0.4) is 0 Å². The molecule has 1 fully saturated rings. The number of carbonyl (C=O) groups excluding carboxylic acids is 1. The lowest BCUT2D eigenvalue weighted by molar-refractivity contribution is -0.121. The van der Waals surface area contributed by atoms with Crippen molar-refractivity contribution in [1.82, 2.24) is 19.7 Å². The molecule has 140 valence electrons. The number of hydrogen-bond acceptors (Lipinski definition) is 4. The van der Waals surface area contributed by atoms with Gasteiger partial charge in [-0.05, 0) is 37.1 Å². The number of fused-ring (bicyclic) bond motifs is 1. The second kappa shape index (κ2) is 7.73. The Morgan fingerprint density at radius 2 is 2.00 bits per heavy atom. The first-order chi connectivity index (χ1) is 13.2. The van der Waals surface area contributed by atoms with Crippen molar-refractivity contribution in [2.75, 3.05) is 11.9 Å². The zero-order valence-corrected chi connectivity index (χ0v) is 15.0. The van der Waals surface area contributed by atoms with Crippen LogP contribution in [0.5, 0.6) is 0 Å². The van der Waals surface area contributed by atoms with Crippen molar-refractivity contribution in [2.45, 2.75) is 38.1 Å². The molecular formula is C20H22FN5O. The van der Waals surface area contributed by atoms with Crippen molar-refractivity contribution in [1.29, 1.82) is 0 Å². The maximum atomic E-state index is 13.3. The molecule has 1 aliphatic rings. The molecule has 0 bridgehead atoms. The van der Waals surface area contributed by atoms with E-state index in [1.165, 1.54) is 25.0 Å². The second-order valence-electron chi connectivity index (χ2n) is 6.85. The normalized spacial score (nSPS) is 14.6. The molecular weight excluding hydrogens is 345 g/mol. The Kier molecular flexibility index (Phi) is 5.00. The summed E-state index contributed by atoms with van der Waals surface area (Å²) >= 11 is 0. The first-order valence-corrected chi connectivity index (χ1v) is 9.32.